The summed E-state index contributed by atoms with van der Waals surface area (Å²) in [5.74, 6) is 0.479. The summed E-state index contributed by atoms with van der Waals surface area (Å²) in [7, 11) is 2.01. The lowest BCUT2D eigenvalue weighted by Gasteiger charge is -2.29. The van der Waals surface area contributed by atoms with Crippen LogP contribution in [-0.2, 0) is 26.4 Å². The number of hydrogen-bond acceptors (Lipinski definition) is 4. The Bertz CT molecular complexity index is 1130. The molecule has 2 aliphatic rings. The van der Waals surface area contributed by atoms with Gasteiger partial charge in [0.05, 0.1) is 17.3 Å². The van der Waals surface area contributed by atoms with E-state index in [1.54, 1.807) is 13.0 Å². The minimum atomic E-state index is -0.0435. The molecular formula is C24H27ClN4O2. The maximum absolute atomic E-state index is 14.0. The number of amides is 1. The highest BCUT2D eigenvalue weighted by atomic mass is 35.5. The van der Waals surface area contributed by atoms with E-state index < -0.39 is 0 Å². The molecule has 3 aromatic rings. The Balaban J connectivity index is 1.54. The lowest BCUT2D eigenvalue weighted by Crippen LogP contribution is -2.39. The summed E-state index contributed by atoms with van der Waals surface area (Å²) >= 11 is 6.43. The van der Waals surface area contributed by atoms with Crippen molar-refractivity contribution in [3.8, 4) is 11.3 Å². The number of aromatic nitrogens is 3. The van der Waals surface area contributed by atoms with Crippen LogP contribution in [-0.4, -0.2) is 31.8 Å². The lowest BCUT2D eigenvalue weighted by atomic mass is 10.0. The van der Waals surface area contributed by atoms with Gasteiger partial charge in [-0.05, 0) is 50.7 Å². The Morgan fingerprint density at radius 1 is 1.23 bits per heavy atom. The minimum absolute atomic E-state index is 0.0435. The van der Waals surface area contributed by atoms with Crippen LogP contribution in [0.1, 0.15) is 65.2 Å². The third kappa shape index (κ3) is 3.57. The third-order valence-electron chi connectivity index (χ3n) is 6.75. The van der Waals surface area contributed by atoms with Gasteiger partial charge in [-0.25, -0.2) is 0 Å². The van der Waals surface area contributed by atoms with Gasteiger partial charge in [-0.2, -0.15) is 5.10 Å². The molecule has 6 nitrogen and oxygen atoms in total. The van der Waals surface area contributed by atoms with Gasteiger partial charge in [0.1, 0.15) is 17.0 Å². The van der Waals surface area contributed by atoms with Gasteiger partial charge in [0, 0.05) is 24.3 Å². The fourth-order valence-corrected chi connectivity index (χ4v) is 5.40. The van der Waals surface area contributed by atoms with E-state index in [-0.39, 0.29) is 11.9 Å². The predicted molar refractivity (Wildman–Crippen MR) is 119 cm³/mol. The summed E-state index contributed by atoms with van der Waals surface area (Å²) in [4.78, 5) is 16.0. The van der Waals surface area contributed by atoms with Gasteiger partial charge in [0.25, 0.3) is 5.91 Å². The first-order valence-electron chi connectivity index (χ1n) is 11.1. The number of carbonyl (C=O) groups excluding carboxylic acids is 1. The average Bonchev–Trinajstić information content (AvgIpc) is 3.54. The van der Waals surface area contributed by atoms with Crippen molar-refractivity contribution in [2.24, 2.45) is 7.05 Å². The predicted octanol–water partition coefficient (Wildman–Crippen LogP) is 5.11. The smallest absolute Gasteiger partial charge is 0.260 e. The van der Waals surface area contributed by atoms with Crippen LogP contribution in [0.5, 0.6) is 0 Å². The molecule has 1 fully saturated rings. The summed E-state index contributed by atoms with van der Waals surface area (Å²) in [6, 6.07) is 7.65. The molecule has 0 bridgehead atoms. The Morgan fingerprint density at radius 3 is 2.77 bits per heavy atom. The third-order valence-corrected chi connectivity index (χ3v) is 7.08. The van der Waals surface area contributed by atoms with E-state index in [2.05, 4.69) is 5.16 Å². The first-order valence-corrected chi connectivity index (χ1v) is 11.5. The number of hydrogen-bond donors (Lipinski definition) is 0. The van der Waals surface area contributed by atoms with Crippen molar-refractivity contribution in [1.82, 2.24) is 19.8 Å². The fraction of sp³-hybridized carbons (Fsp3) is 0.458. The Hall–Kier alpha value is -2.60. The molecule has 0 aliphatic heterocycles. The lowest BCUT2D eigenvalue weighted by molar-refractivity contribution is 0.0659. The Labute approximate surface area is 187 Å². The van der Waals surface area contributed by atoms with E-state index in [0.717, 1.165) is 56.2 Å². The fourth-order valence-electron chi connectivity index (χ4n) is 5.17. The number of aryl methyl sites for hydroxylation is 2. The zero-order valence-corrected chi connectivity index (χ0v) is 18.8. The van der Waals surface area contributed by atoms with Gasteiger partial charge in [-0.15, -0.1) is 0 Å². The van der Waals surface area contributed by atoms with Gasteiger partial charge in [-0.3, -0.25) is 9.48 Å². The largest absolute Gasteiger partial charge is 0.360 e. The average molecular weight is 439 g/mol. The first kappa shape index (κ1) is 20.3. The second-order valence-electron chi connectivity index (χ2n) is 8.66. The maximum atomic E-state index is 14.0. The second-order valence-corrected chi connectivity index (χ2v) is 9.07. The van der Waals surface area contributed by atoms with Crippen LogP contribution in [0.2, 0.25) is 5.02 Å². The molecule has 2 aliphatic carbocycles. The number of benzene rings is 1. The van der Waals surface area contributed by atoms with Crippen molar-refractivity contribution < 1.29 is 9.32 Å². The summed E-state index contributed by atoms with van der Waals surface area (Å²) in [6.07, 6.45) is 7.61. The molecule has 162 valence electrons. The Morgan fingerprint density at radius 2 is 2.00 bits per heavy atom. The molecule has 1 aromatic carbocycles. The number of halogens is 1. The summed E-state index contributed by atoms with van der Waals surface area (Å²) in [5.41, 5.74) is 5.41. The normalized spacial score (nSPS) is 16.1. The number of rotatable bonds is 5. The van der Waals surface area contributed by atoms with Crippen molar-refractivity contribution in [1.29, 1.82) is 0 Å². The van der Waals surface area contributed by atoms with Gasteiger partial charge in [0.2, 0.25) is 0 Å². The van der Waals surface area contributed by atoms with E-state index in [9.17, 15) is 4.79 Å². The highest BCUT2D eigenvalue weighted by Gasteiger charge is 2.34. The van der Waals surface area contributed by atoms with Crippen molar-refractivity contribution >= 4 is 17.5 Å². The van der Waals surface area contributed by atoms with Gasteiger partial charge in [-0.1, -0.05) is 47.8 Å². The van der Waals surface area contributed by atoms with E-state index in [1.165, 1.54) is 11.3 Å². The van der Waals surface area contributed by atoms with Crippen LogP contribution in [0.4, 0.5) is 0 Å². The van der Waals surface area contributed by atoms with Crippen LogP contribution in [0.15, 0.2) is 28.8 Å². The summed E-state index contributed by atoms with van der Waals surface area (Å²) < 4.78 is 7.49. The monoisotopic (exact) mass is 438 g/mol. The molecule has 7 heteroatoms. The Kier molecular flexibility index (Phi) is 5.34. The van der Waals surface area contributed by atoms with Crippen molar-refractivity contribution in [2.45, 2.75) is 64.5 Å². The first-order chi connectivity index (χ1) is 15.0. The number of nitrogens with zero attached hydrogens (tertiary/aromatic N) is 4. The van der Waals surface area contributed by atoms with Gasteiger partial charge >= 0.3 is 0 Å². The van der Waals surface area contributed by atoms with Crippen LogP contribution in [0.25, 0.3) is 11.3 Å². The van der Waals surface area contributed by atoms with Crippen molar-refractivity contribution in [3.05, 3.63) is 57.6 Å². The minimum Gasteiger partial charge on any atom is -0.360 e. The highest BCUT2D eigenvalue weighted by molar-refractivity contribution is 6.33. The molecule has 0 saturated heterocycles. The number of carbonyl (C=O) groups is 1. The number of fused-ring (bicyclic) bond motifs is 1. The van der Waals surface area contributed by atoms with E-state index in [1.807, 2.05) is 34.8 Å². The topological polar surface area (TPSA) is 64.2 Å². The molecule has 0 N–H and O–H groups in total. The molecule has 0 radical (unpaired) electrons. The highest BCUT2D eigenvalue weighted by Crippen LogP contribution is 2.35. The van der Waals surface area contributed by atoms with Crippen LogP contribution < -0.4 is 0 Å². The maximum Gasteiger partial charge on any atom is 0.260 e. The van der Waals surface area contributed by atoms with Gasteiger partial charge < -0.3 is 9.42 Å². The van der Waals surface area contributed by atoms with Crippen LogP contribution in [0.3, 0.4) is 0 Å². The molecule has 5 rings (SSSR count). The molecular weight excluding hydrogens is 412 g/mol. The quantitative estimate of drug-likeness (QED) is 0.555. The molecule has 31 heavy (non-hydrogen) atoms. The molecule has 0 unspecified atom stereocenters. The summed E-state index contributed by atoms with van der Waals surface area (Å²) in [5, 5.41) is 9.56. The second kappa shape index (κ2) is 8.15. The molecule has 0 atom stereocenters. The van der Waals surface area contributed by atoms with E-state index in [0.29, 0.717) is 28.6 Å². The molecule has 2 heterocycles. The SMILES string of the molecule is Cc1onc(-c2ccccc2Cl)c1C(=O)N(Cc1nn(C)c2c1CCC2)C1CCCC1. The van der Waals surface area contributed by atoms with E-state index >= 15 is 0 Å². The van der Waals surface area contributed by atoms with Crippen LogP contribution >= 0.6 is 11.6 Å². The molecule has 1 saturated carbocycles. The van der Waals surface area contributed by atoms with E-state index in [4.69, 9.17) is 21.2 Å². The van der Waals surface area contributed by atoms with Gasteiger partial charge in [0.15, 0.2) is 0 Å². The summed E-state index contributed by atoms with van der Waals surface area (Å²) in [6.45, 7) is 2.32. The van der Waals surface area contributed by atoms with Crippen molar-refractivity contribution in [2.75, 3.05) is 0 Å². The van der Waals surface area contributed by atoms with Crippen molar-refractivity contribution in [3.63, 3.8) is 0 Å². The molecule has 0 spiro atoms. The zero-order valence-electron chi connectivity index (χ0n) is 18.0. The molecule has 2 aromatic heterocycles. The standard InChI is InChI=1S/C24H27ClN4O2/c1-15-22(23(27-31-15)17-10-5-6-12-19(17)25)24(30)29(16-8-3-4-9-16)14-20-18-11-7-13-21(18)28(2)26-20/h5-6,10,12,16H,3-4,7-9,11,13-14H2,1-2H3. The molecule has 1 amide bonds. The van der Waals surface area contributed by atoms with Crippen LogP contribution in [0, 0.1) is 6.92 Å². The zero-order chi connectivity index (χ0) is 21.5.